The first-order valence-electron chi connectivity index (χ1n) is 8.22. The molecule has 1 N–H and O–H groups in total. The van der Waals surface area contributed by atoms with Crippen LogP contribution in [0.1, 0.15) is 23.9 Å². The minimum atomic E-state index is 0.183. The number of ether oxygens (including phenoxy) is 1. The topological polar surface area (TPSA) is 56.9 Å². The fraction of sp³-hybridized carbons (Fsp3) is 0.333. The van der Waals surface area contributed by atoms with E-state index in [2.05, 4.69) is 27.5 Å². The fourth-order valence-corrected chi connectivity index (χ4v) is 3.11. The first-order valence-corrected chi connectivity index (χ1v) is 8.22. The Kier molecular flexibility index (Phi) is 4.15. The Morgan fingerprint density at radius 1 is 1.21 bits per heavy atom. The standard InChI is InChI=1S/C18H21N5O/c1-22-9-7-17(21-22)23-10-8-19-18(23)16-11-15(12-20-16)24-13-14-5-3-2-4-6-14/h2-10,15-16,20H,11-13H2,1H3/t15-,16-/m0/s1. The molecule has 124 valence electrons. The van der Waals surface area contributed by atoms with Gasteiger partial charge in [0.25, 0.3) is 0 Å². The van der Waals surface area contributed by atoms with Crippen LogP contribution in [0, 0.1) is 0 Å². The average Bonchev–Trinajstić information content (AvgIpc) is 3.33. The Morgan fingerprint density at radius 2 is 2.08 bits per heavy atom. The highest BCUT2D eigenvalue weighted by Crippen LogP contribution is 2.26. The average molecular weight is 323 g/mol. The van der Waals surface area contributed by atoms with Crippen LogP contribution in [-0.2, 0) is 18.4 Å². The molecule has 0 unspecified atom stereocenters. The highest BCUT2D eigenvalue weighted by Gasteiger charge is 2.29. The fourth-order valence-electron chi connectivity index (χ4n) is 3.11. The summed E-state index contributed by atoms with van der Waals surface area (Å²) in [7, 11) is 1.92. The number of nitrogens with zero attached hydrogens (tertiary/aromatic N) is 4. The van der Waals surface area contributed by atoms with Crippen LogP contribution in [0.15, 0.2) is 55.0 Å². The minimum Gasteiger partial charge on any atom is -0.372 e. The van der Waals surface area contributed by atoms with Crippen LogP contribution >= 0.6 is 0 Å². The second-order valence-electron chi connectivity index (χ2n) is 6.12. The van der Waals surface area contributed by atoms with Crippen molar-refractivity contribution >= 4 is 0 Å². The van der Waals surface area contributed by atoms with Crippen LogP contribution in [-0.4, -0.2) is 32.0 Å². The number of aromatic nitrogens is 4. The van der Waals surface area contributed by atoms with Crippen molar-refractivity contribution in [2.24, 2.45) is 7.05 Å². The Morgan fingerprint density at radius 3 is 2.88 bits per heavy atom. The van der Waals surface area contributed by atoms with E-state index in [9.17, 15) is 0 Å². The molecule has 3 aromatic rings. The van der Waals surface area contributed by atoms with Gasteiger partial charge in [-0.1, -0.05) is 30.3 Å². The number of nitrogens with one attached hydrogen (secondary N) is 1. The predicted octanol–water partition coefficient (Wildman–Crippen LogP) is 2.23. The molecule has 2 atom stereocenters. The van der Waals surface area contributed by atoms with Gasteiger partial charge >= 0.3 is 0 Å². The third-order valence-corrected chi connectivity index (χ3v) is 4.35. The van der Waals surface area contributed by atoms with E-state index >= 15 is 0 Å². The molecule has 4 rings (SSSR count). The molecule has 1 aliphatic heterocycles. The summed E-state index contributed by atoms with van der Waals surface area (Å²) in [6, 6.07) is 12.5. The van der Waals surface area contributed by atoms with E-state index in [4.69, 9.17) is 4.74 Å². The number of hydrogen-bond donors (Lipinski definition) is 1. The van der Waals surface area contributed by atoms with Gasteiger partial charge in [-0.2, -0.15) is 5.10 Å². The van der Waals surface area contributed by atoms with Crippen molar-refractivity contribution in [2.75, 3.05) is 6.54 Å². The SMILES string of the molecule is Cn1ccc(-n2ccnc2[C@@H]2C[C@H](OCc3ccccc3)CN2)n1. The highest BCUT2D eigenvalue weighted by atomic mass is 16.5. The first-order chi connectivity index (χ1) is 11.8. The Hall–Kier alpha value is -2.44. The zero-order chi connectivity index (χ0) is 16.4. The van der Waals surface area contributed by atoms with E-state index in [1.807, 2.05) is 54.5 Å². The Balaban J connectivity index is 1.41. The molecule has 1 saturated heterocycles. The molecule has 0 saturated carbocycles. The summed E-state index contributed by atoms with van der Waals surface area (Å²) in [4.78, 5) is 4.53. The molecule has 1 aromatic carbocycles. The number of aryl methyl sites for hydroxylation is 1. The normalized spacial score (nSPS) is 20.5. The van der Waals surface area contributed by atoms with Crippen LogP contribution < -0.4 is 5.32 Å². The largest absolute Gasteiger partial charge is 0.372 e. The van der Waals surface area contributed by atoms with E-state index in [0.29, 0.717) is 6.61 Å². The van der Waals surface area contributed by atoms with Gasteiger partial charge in [-0.3, -0.25) is 9.25 Å². The van der Waals surface area contributed by atoms with E-state index in [-0.39, 0.29) is 12.1 Å². The van der Waals surface area contributed by atoms with Crippen molar-refractivity contribution in [2.45, 2.75) is 25.2 Å². The van der Waals surface area contributed by atoms with Crippen molar-refractivity contribution in [3.8, 4) is 5.82 Å². The molecule has 0 radical (unpaired) electrons. The molecule has 2 aromatic heterocycles. The molecule has 0 amide bonds. The van der Waals surface area contributed by atoms with Crippen LogP contribution in [0.2, 0.25) is 0 Å². The predicted molar refractivity (Wildman–Crippen MR) is 90.7 cm³/mol. The van der Waals surface area contributed by atoms with Crippen molar-refractivity contribution in [3.05, 3.63) is 66.4 Å². The van der Waals surface area contributed by atoms with E-state index in [0.717, 1.165) is 24.6 Å². The number of rotatable bonds is 5. The van der Waals surface area contributed by atoms with E-state index in [1.54, 1.807) is 4.68 Å². The molecule has 24 heavy (non-hydrogen) atoms. The molecule has 0 spiro atoms. The van der Waals surface area contributed by atoms with Gasteiger partial charge in [-0.25, -0.2) is 4.98 Å². The Bertz CT molecular complexity index is 795. The van der Waals surface area contributed by atoms with Crippen LogP contribution in [0.5, 0.6) is 0 Å². The van der Waals surface area contributed by atoms with Gasteiger partial charge in [0.1, 0.15) is 5.82 Å². The summed E-state index contributed by atoms with van der Waals surface area (Å²) < 4.78 is 9.89. The maximum absolute atomic E-state index is 6.05. The van der Waals surface area contributed by atoms with Gasteiger partial charge in [-0.15, -0.1) is 0 Å². The van der Waals surface area contributed by atoms with Crippen LogP contribution in [0.25, 0.3) is 5.82 Å². The number of imidazole rings is 1. The van der Waals surface area contributed by atoms with E-state index in [1.165, 1.54) is 5.56 Å². The molecule has 1 fully saturated rings. The smallest absolute Gasteiger partial charge is 0.160 e. The van der Waals surface area contributed by atoms with Gasteiger partial charge in [-0.05, 0) is 12.0 Å². The first kappa shape index (κ1) is 15.1. The Labute approximate surface area is 141 Å². The summed E-state index contributed by atoms with van der Waals surface area (Å²) >= 11 is 0. The molecule has 6 heteroatoms. The molecule has 0 bridgehead atoms. The maximum atomic E-state index is 6.05. The molecule has 0 aliphatic carbocycles. The lowest BCUT2D eigenvalue weighted by Crippen LogP contribution is -2.19. The van der Waals surface area contributed by atoms with Crippen LogP contribution in [0.4, 0.5) is 0 Å². The third-order valence-electron chi connectivity index (χ3n) is 4.35. The summed E-state index contributed by atoms with van der Waals surface area (Å²) in [6.07, 6.45) is 6.83. The third kappa shape index (κ3) is 3.11. The van der Waals surface area contributed by atoms with Crippen molar-refractivity contribution in [1.29, 1.82) is 0 Å². The van der Waals surface area contributed by atoms with Gasteiger partial charge in [0.05, 0.1) is 18.8 Å². The lowest BCUT2D eigenvalue weighted by atomic mass is 10.2. The van der Waals surface area contributed by atoms with Gasteiger partial charge in [0.2, 0.25) is 0 Å². The second kappa shape index (κ2) is 6.59. The van der Waals surface area contributed by atoms with Gasteiger partial charge in [0, 0.05) is 38.2 Å². The monoisotopic (exact) mass is 323 g/mol. The minimum absolute atomic E-state index is 0.183. The summed E-state index contributed by atoms with van der Waals surface area (Å²) in [6.45, 7) is 1.49. The zero-order valence-electron chi connectivity index (χ0n) is 13.7. The number of benzene rings is 1. The van der Waals surface area contributed by atoms with Crippen molar-refractivity contribution < 1.29 is 4.74 Å². The van der Waals surface area contributed by atoms with Crippen molar-refractivity contribution in [3.63, 3.8) is 0 Å². The maximum Gasteiger partial charge on any atom is 0.160 e. The molecular formula is C18H21N5O. The summed E-state index contributed by atoms with van der Waals surface area (Å²) in [5, 5.41) is 7.98. The molecule has 6 nitrogen and oxygen atoms in total. The molecule has 3 heterocycles. The van der Waals surface area contributed by atoms with Crippen LogP contribution in [0.3, 0.4) is 0 Å². The second-order valence-corrected chi connectivity index (χ2v) is 6.12. The number of hydrogen-bond acceptors (Lipinski definition) is 4. The van der Waals surface area contributed by atoms with E-state index < -0.39 is 0 Å². The quantitative estimate of drug-likeness (QED) is 0.782. The lowest BCUT2D eigenvalue weighted by Gasteiger charge is -2.13. The van der Waals surface area contributed by atoms with Gasteiger partial charge < -0.3 is 10.1 Å². The summed E-state index contributed by atoms with van der Waals surface area (Å²) in [5.41, 5.74) is 1.20. The summed E-state index contributed by atoms with van der Waals surface area (Å²) in [5.74, 6) is 1.87. The molecular weight excluding hydrogens is 302 g/mol. The van der Waals surface area contributed by atoms with Crippen molar-refractivity contribution in [1.82, 2.24) is 24.6 Å². The zero-order valence-corrected chi connectivity index (χ0v) is 13.7. The molecule has 1 aliphatic rings. The highest BCUT2D eigenvalue weighted by molar-refractivity contribution is 5.24. The lowest BCUT2D eigenvalue weighted by molar-refractivity contribution is 0.0524. The van der Waals surface area contributed by atoms with Gasteiger partial charge in [0.15, 0.2) is 5.82 Å².